The van der Waals surface area contributed by atoms with Gasteiger partial charge in [0, 0.05) is 15.3 Å². The molecule has 96 valence electrons. The van der Waals surface area contributed by atoms with Gasteiger partial charge in [-0.3, -0.25) is 0 Å². The fourth-order valence-corrected chi connectivity index (χ4v) is 12.9. The van der Waals surface area contributed by atoms with Gasteiger partial charge in [0.25, 0.3) is 0 Å². The van der Waals surface area contributed by atoms with Gasteiger partial charge in [-0.25, -0.2) is 0 Å². The van der Waals surface area contributed by atoms with E-state index >= 15 is 0 Å². The van der Waals surface area contributed by atoms with Crippen molar-refractivity contribution < 1.29 is 0 Å². The largest absolute Gasteiger partial charge is 0.168 e. The van der Waals surface area contributed by atoms with Crippen LogP contribution in [0.15, 0.2) is 0 Å². The Morgan fingerprint density at radius 3 is 1.94 bits per heavy atom. The maximum atomic E-state index is 4.34. The molecule has 0 radical (unpaired) electrons. The van der Waals surface area contributed by atoms with Crippen molar-refractivity contribution in [3.63, 3.8) is 0 Å². The molecule has 2 unspecified atom stereocenters. The maximum Gasteiger partial charge on any atom is 0.107 e. The number of rotatable bonds is 6. The van der Waals surface area contributed by atoms with Gasteiger partial charge in [-0.05, 0) is 13.3 Å². The molecule has 0 amide bonds. The molecule has 0 aromatic carbocycles. The van der Waals surface area contributed by atoms with Crippen molar-refractivity contribution in [2.45, 2.75) is 25.9 Å². The van der Waals surface area contributed by atoms with Crippen LogP contribution in [0.3, 0.4) is 0 Å². The van der Waals surface area contributed by atoms with Crippen LogP contribution in [0.4, 0.5) is 0 Å². The lowest BCUT2D eigenvalue weighted by Crippen LogP contribution is -2.26. The standard InChI is InChI=1S/C8H16S8/c1-8(14-5-11)15-6(12-3-9)2-7(16-8)13-4-10/h6-7,9-11H,2-5H2,1H3. The predicted octanol–water partition coefficient (Wildman–Crippen LogP) is 5.04. The highest BCUT2D eigenvalue weighted by molar-refractivity contribution is 8.41. The maximum absolute atomic E-state index is 4.34. The van der Waals surface area contributed by atoms with Crippen molar-refractivity contribution in [1.82, 2.24) is 0 Å². The summed E-state index contributed by atoms with van der Waals surface area (Å²) < 4.78 is 1.56. The Morgan fingerprint density at radius 2 is 1.56 bits per heavy atom. The molecule has 0 bridgehead atoms. The van der Waals surface area contributed by atoms with Gasteiger partial charge < -0.3 is 0 Å². The molecule has 0 aromatic heterocycles. The van der Waals surface area contributed by atoms with Crippen molar-refractivity contribution >= 4 is 96.7 Å². The minimum Gasteiger partial charge on any atom is -0.168 e. The Hall–Kier alpha value is 2.80. The highest BCUT2D eigenvalue weighted by Crippen LogP contribution is 2.59. The van der Waals surface area contributed by atoms with Gasteiger partial charge in [-0.2, -0.15) is 37.9 Å². The number of hydrogen-bond acceptors (Lipinski definition) is 8. The summed E-state index contributed by atoms with van der Waals surface area (Å²) in [5.74, 6) is 0. The average molecular weight is 369 g/mol. The molecule has 2 atom stereocenters. The van der Waals surface area contributed by atoms with E-state index in [0.29, 0.717) is 9.16 Å². The van der Waals surface area contributed by atoms with Crippen molar-refractivity contribution in [2.24, 2.45) is 0 Å². The molecule has 1 rings (SSSR count). The highest BCUT2D eigenvalue weighted by atomic mass is 32.3. The predicted molar refractivity (Wildman–Crippen MR) is 100 cm³/mol. The number of thioether (sulfide) groups is 5. The Balaban J connectivity index is 2.58. The molecule has 1 saturated heterocycles. The first-order valence-corrected chi connectivity index (χ1v) is 11.4. The van der Waals surface area contributed by atoms with Crippen molar-refractivity contribution in [1.29, 1.82) is 0 Å². The van der Waals surface area contributed by atoms with Crippen LogP contribution in [-0.4, -0.2) is 27.8 Å². The third-order valence-corrected chi connectivity index (χ3v) is 10.3. The van der Waals surface area contributed by atoms with Crippen LogP contribution >= 0.6 is 96.7 Å². The zero-order chi connectivity index (χ0) is 12.0. The fraction of sp³-hybridized carbons (Fsp3) is 1.00. The molecule has 0 N–H and O–H groups in total. The van der Waals surface area contributed by atoms with Crippen molar-refractivity contribution in [2.75, 3.05) is 15.3 Å². The summed E-state index contributed by atoms with van der Waals surface area (Å²) in [4.78, 5) is 0. The number of hydrogen-bond donors (Lipinski definition) is 3. The molecule has 8 heteroatoms. The van der Waals surface area contributed by atoms with E-state index in [1.165, 1.54) is 6.42 Å². The lowest BCUT2D eigenvalue weighted by Gasteiger charge is -2.39. The summed E-state index contributed by atoms with van der Waals surface area (Å²) in [6.45, 7) is 2.32. The van der Waals surface area contributed by atoms with Gasteiger partial charge in [0.05, 0.1) is 9.16 Å². The van der Waals surface area contributed by atoms with Crippen LogP contribution in [0.1, 0.15) is 13.3 Å². The van der Waals surface area contributed by atoms with E-state index in [-0.39, 0.29) is 3.41 Å². The molecule has 1 aliphatic rings. The highest BCUT2D eigenvalue weighted by Gasteiger charge is 2.38. The normalized spacial score (nSPS) is 35.2. The smallest absolute Gasteiger partial charge is 0.107 e. The first-order valence-electron chi connectivity index (χ1n) is 4.69. The summed E-state index contributed by atoms with van der Waals surface area (Å²) in [5, 5.41) is 2.69. The Labute approximate surface area is 136 Å². The Kier molecular flexibility index (Phi) is 9.34. The summed E-state index contributed by atoms with van der Waals surface area (Å²) in [5.41, 5.74) is 0. The molecular weight excluding hydrogens is 353 g/mol. The van der Waals surface area contributed by atoms with Crippen LogP contribution in [0, 0.1) is 0 Å². The van der Waals surface area contributed by atoms with Crippen LogP contribution in [-0.2, 0) is 0 Å². The lowest BCUT2D eigenvalue weighted by molar-refractivity contribution is 1.00. The van der Waals surface area contributed by atoms with Gasteiger partial charge in [0.15, 0.2) is 0 Å². The summed E-state index contributed by atoms with van der Waals surface area (Å²) >= 11 is 22.9. The second-order valence-electron chi connectivity index (χ2n) is 3.06. The molecule has 16 heavy (non-hydrogen) atoms. The molecule has 1 heterocycles. The first-order chi connectivity index (χ1) is 7.63. The molecule has 0 nitrogen and oxygen atoms in total. The fourth-order valence-electron chi connectivity index (χ4n) is 1.31. The van der Waals surface area contributed by atoms with E-state index in [2.05, 4.69) is 68.3 Å². The second-order valence-corrected chi connectivity index (χ2v) is 13.7. The van der Waals surface area contributed by atoms with Gasteiger partial charge in [-0.1, -0.05) is 0 Å². The van der Waals surface area contributed by atoms with Crippen molar-refractivity contribution in [3.05, 3.63) is 0 Å². The van der Waals surface area contributed by atoms with E-state index in [0.717, 1.165) is 15.3 Å². The topological polar surface area (TPSA) is 0 Å². The summed E-state index contributed by atoms with van der Waals surface area (Å²) in [7, 11) is 0. The Morgan fingerprint density at radius 1 is 1.06 bits per heavy atom. The van der Waals surface area contributed by atoms with Gasteiger partial charge in [-0.15, -0.1) is 58.8 Å². The van der Waals surface area contributed by atoms with Gasteiger partial charge in [0.1, 0.15) is 3.41 Å². The zero-order valence-corrected chi connectivity index (χ0v) is 15.6. The third kappa shape index (κ3) is 5.84. The molecule has 0 saturated carbocycles. The second kappa shape index (κ2) is 8.87. The lowest BCUT2D eigenvalue weighted by atomic mass is 10.5. The van der Waals surface area contributed by atoms with Crippen LogP contribution < -0.4 is 0 Å². The zero-order valence-electron chi connectivity index (χ0n) is 8.87. The molecule has 0 aliphatic carbocycles. The Bertz CT molecular complexity index is 184. The van der Waals surface area contributed by atoms with E-state index in [1.807, 2.05) is 35.3 Å². The van der Waals surface area contributed by atoms with Gasteiger partial charge >= 0.3 is 0 Å². The van der Waals surface area contributed by atoms with Crippen LogP contribution in [0.2, 0.25) is 0 Å². The molecule has 1 aliphatic heterocycles. The SMILES string of the molecule is CC1(SCS)SC(SCS)CC(SCS)S1. The molecule has 0 aromatic rings. The van der Waals surface area contributed by atoms with Crippen LogP contribution in [0.5, 0.6) is 0 Å². The summed E-state index contributed by atoms with van der Waals surface area (Å²) in [6, 6.07) is 0. The third-order valence-electron chi connectivity index (χ3n) is 1.92. The molecule has 0 spiro atoms. The van der Waals surface area contributed by atoms with E-state index in [9.17, 15) is 0 Å². The monoisotopic (exact) mass is 368 g/mol. The minimum absolute atomic E-state index is 0.237. The quantitative estimate of drug-likeness (QED) is 0.442. The van der Waals surface area contributed by atoms with Gasteiger partial charge in [0.2, 0.25) is 0 Å². The van der Waals surface area contributed by atoms with E-state index in [1.54, 1.807) is 0 Å². The first kappa shape index (κ1) is 16.9. The van der Waals surface area contributed by atoms with E-state index < -0.39 is 0 Å². The number of thiol groups is 3. The van der Waals surface area contributed by atoms with Crippen molar-refractivity contribution in [3.8, 4) is 0 Å². The molecular formula is C8H16S8. The van der Waals surface area contributed by atoms with Crippen LogP contribution in [0.25, 0.3) is 0 Å². The minimum atomic E-state index is 0.237. The summed E-state index contributed by atoms with van der Waals surface area (Å²) in [6.07, 6.45) is 1.24. The van der Waals surface area contributed by atoms with E-state index in [4.69, 9.17) is 0 Å². The average Bonchev–Trinajstić information content (AvgIpc) is 2.17. The molecule has 1 fully saturated rings.